The summed E-state index contributed by atoms with van der Waals surface area (Å²) in [5.74, 6) is -1.29. The van der Waals surface area contributed by atoms with Crippen molar-refractivity contribution in [1.82, 2.24) is 19.5 Å². The smallest absolute Gasteiger partial charge is 0.302 e. The molecule has 2 aliphatic rings. The molecule has 26 heavy (non-hydrogen) atoms. The van der Waals surface area contributed by atoms with Gasteiger partial charge in [0.2, 0.25) is 0 Å². The Kier molecular flexibility index (Phi) is 3.82. The highest BCUT2D eigenvalue weighted by Gasteiger charge is 2.57. The summed E-state index contributed by atoms with van der Waals surface area (Å²) in [6, 6.07) is 0. The van der Waals surface area contributed by atoms with E-state index < -0.39 is 42.4 Å². The average Bonchev–Trinajstić information content (AvgIpc) is 3.14. The quantitative estimate of drug-likeness (QED) is 0.611. The Bertz CT molecular complexity index is 871. The molecule has 2 aromatic rings. The number of halogens is 1. The molecule has 0 spiro atoms. The molecule has 2 saturated heterocycles. The molecule has 10 nitrogen and oxygen atoms in total. The van der Waals surface area contributed by atoms with Crippen LogP contribution < -0.4 is 5.73 Å². The monoisotopic (exact) mass is 367 g/mol. The number of fused-ring (bicyclic) bond motifs is 2. The van der Waals surface area contributed by atoms with Gasteiger partial charge in [-0.15, -0.1) is 0 Å². The first-order chi connectivity index (χ1) is 12.3. The van der Waals surface area contributed by atoms with Gasteiger partial charge < -0.3 is 24.7 Å². The summed E-state index contributed by atoms with van der Waals surface area (Å²) < 4.78 is 38.5. The van der Waals surface area contributed by atoms with Crippen molar-refractivity contribution in [3.63, 3.8) is 0 Å². The van der Waals surface area contributed by atoms with E-state index in [0.717, 1.165) is 4.57 Å². The third kappa shape index (κ3) is 2.68. The van der Waals surface area contributed by atoms with Crippen LogP contribution in [0.15, 0.2) is 6.33 Å². The van der Waals surface area contributed by atoms with Crippen LogP contribution in [0.4, 0.5) is 10.2 Å². The summed E-state index contributed by atoms with van der Waals surface area (Å²) in [4.78, 5) is 22.8. The molecule has 0 saturated carbocycles. The van der Waals surface area contributed by atoms with Crippen LogP contribution in [0.25, 0.3) is 11.2 Å². The molecule has 0 bridgehead atoms. The number of carbonyl (C=O) groups excluding carboxylic acids is 1. The zero-order valence-corrected chi connectivity index (χ0v) is 14.4. The maximum atomic E-state index is 14.6. The molecular weight excluding hydrogens is 349 g/mol. The number of anilines is 1. The summed E-state index contributed by atoms with van der Waals surface area (Å²) in [6.07, 6.45) is -2.36. The van der Waals surface area contributed by atoms with Gasteiger partial charge in [-0.3, -0.25) is 9.36 Å². The largest absolute Gasteiger partial charge is 0.463 e. The molecule has 0 amide bonds. The summed E-state index contributed by atoms with van der Waals surface area (Å²) in [6.45, 7) is 4.74. The number of rotatable bonds is 3. The van der Waals surface area contributed by atoms with Crippen LogP contribution in [0.3, 0.4) is 0 Å². The molecule has 4 rings (SSSR count). The Morgan fingerprint density at radius 2 is 2.12 bits per heavy atom. The third-order valence-corrected chi connectivity index (χ3v) is 4.29. The molecule has 0 aromatic carbocycles. The molecule has 2 aliphatic heterocycles. The number of carbonyl (C=O) groups is 1. The van der Waals surface area contributed by atoms with Gasteiger partial charge in [0.15, 0.2) is 29.0 Å². The fourth-order valence-electron chi connectivity index (χ4n) is 3.33. The highest BCUT2D eigenvalue weighted by molar-refractivity contribution is 5.81. The van der Waals surface area contributed by atoms with Gasteiger partial charge in [0.1, 0.15) is 31.2 Å². The van der Waals surface area contributed by atoms with E-state index in [0.29, 0.717) is 0 Å². The zero-order valence-electron chi connectivity index (χ0n) is 14.4. The van der Waals surface area contributed by atoms with E-state index in [-0.39, 0.29) is 23.6 Å². The number of ether oxygens (including phenoxy) is 4. The Hall–Kier alpha value is -2.37. The number of hydrogen-bond donors (Lipinski definition) is 1. The van der Waals surface area contributed by atoms with Crippen molar-refractivity contribution in [1.29, 1.82) is 0 Å². The van der Waals surface area contributed by atoms with Crippen LogP contribution in [-0.4, -0.2) is 56.2 Å². The minimum absolute atomic E-state index is 0.0438. The molecule has 4 heterocycles. The third-order valence-electron chi connectivity index (χ3n) is 4.29. The number of imidazole rings is 1. The van der Waals surface area contributed by atoms with Crippen LogP contribution in [0, 0.1) is 6.08 Å². The van der Waals surface area contributed by atoms with Gasteiger partial charge in [0, 0.05) is 6.92 Å². The molecule has 2 N–H and O–H groups in total. The van der Waals surface area contributed by atoms with Crippen LogP contribution >= 0.6 is 0 Å². The lowest BCUT2D eigenvalue weighted by molar-refractivity contribution is -0.202. The topological polar surface area (TPSA) is 124 Å². The average molecular weight is 367 g/mol. The number of nitrogens with zero attached hydrogens (tertiary/aromatic N) is 4. The molecule has 2 aromatic heterocycles. The number of nitrogen functional groups attached to an aromatic ring is 1. The minimum atomic E-state index is -0.915. The number of esters is 1. The fraction of sp³-hybridized carbons (Fsp3) is 0.600. The van der Waals surface area contributed by atoms with E-state index in [1.165, 1.54) is 13.3 Å². The Balaban J connectivity index is 1.73. The van der Waals surface area contributed by atoms with Crippen molar-refractivity contribution in [3.05, 3.63) is 12.4 Å². The van der Waals surface area contributed by atoms with Crippen molar-refractivity contribution in [2.24, 2.45) is 0 Å². The first kappa shape index (κ1) is 17.1. The first-order valence-electron chi connectivity index (χ1n) is 8.05. The van der Waals surface area contributed by atoms with Gasteiger partial charge >= 0.3 is 5.97 Å². The van der Waals surface area contributed by atoms with E-state index in [4.69, 9.17) is 24.7 Å². The minimum Gasteiger partial charge on any atom is -0.463 e. The number of hydrogen-bond acceptors (Lipinski definition) is 9. The van der Waals surface area contributed by atoms with Crippen LogP contribution in [0.2, 0.25) is 0 Å². The van der Waals surface area contributed by atoms with E-state index in [9.17, 15) is 9.18 Å². The molecule has 4 atom stereocenters. The predicted molar refractivity (Wildman–Crippen MR) is 84.1 cm³/mol. The standard InChI is InChI=1S/C15H18FN5O5/c1-6(22)23-4-7-9-10(26-15(2,3)25-9)13(24-7)21-12-8(20-14(21)16)11(17)18-5-19-12/h5,7,9-10,13H,4H2,1-3H3,(H2,17,18,19)/t7-,9-,10-,13-/m1/s1. The maximum Gasteiger partial charge on any atom is 0.302 e. The highest BCUT2D eigenvalue weighted by Crippen LogP contribution is 2.44. The van der Waals surface area contributed by atoms with Gasteiger partial charge in [0.25, 0.3) is 6.08 Å². The number of aromatic nitrogens is 4. The van der Waals surface area contributed by atoms with Gasteiger partial charge in [-0.05, 0) is 13.8 Å². The van der Waals surface area contributed by atoms with Crippen LogP contribution in [0.5, 0.6) is 0 Å². The van der Waals surface area contributed by atoms with Crippen molar-refractivity contribution in [2.75, 3.05) is 12.3 Å². The summed E-state index contributed by atoms with van der Waals surface area (Å²) in [7, 11) is 0. The molecular formula is C15H18FN5O5. The normalized spacial score (nSPS) is 29.8. The Morgan fingerprint density at radius 3 is 2.85 bits per heavy atom. The highest BCUT2D eigenvalue weighted by atomic mass is 19.1. The lowest BCUT2D eigenvalue weighted by Crippen LogP contribution is -2.33. The molecule has 11 heteroatoms. The predicted octanol–water partition coefficient (Wildman–Crippen LogP) is 0.528. The van der Waals surface area contributed by atoms with Crippen LogP contribution in [-0.2, 0) is 23.7 Å². The van der Waals surface area contributed by atoms with E-state index in [1.807, 2.05) is 0 Å². The Labute approximate surface area is 147 Å². The number of nitrogens with two attached hydrogens (primary N) is 1. The summed E-state index contributed by atoms with van der Waals surface area (Å²) in [5.41, 5.74) is 6.06. The lowest BCUT2D eigenvalue weighted by Gasteiger charge is -2.24. The first-order valence-corrected chi connectivity index (χ1v) is 8.05. The second-order valence-corrected chi connectivity index (χ2v) is 6.61. The van der Waals surface area contributed by atoms with Gasteiger partial charge in [-0.1, -0.05) is 0 Å². The van der Waals surface area contributed by atoms with Gasteiger partial charge in [0.05, 0.1) is 0 Å². The summed E-state index contributed by atoms with van der Waals surface area (Å²) >= 11 is 0. The SMILES string of the molecule is CC(=O)OC[C@H]1O[C@@H](n2c(F)nc3c(N)ncnc32)[C@@H]2OC(C)(C)O[C@@H]21. The fourth-order valence-corrected chi connectivity index (χ4v) is 3.33. The maximum absolute atomic E-state index is 14.6. The van der Waals surface area contributed by atoms with E-state index in [2.05, 4.69) is 15.0 Å². The summed E-state index contributed by atoms with van der Waals surface area (Å²) in [5, 5.41) is 0. The van der Waals surface area contributed by atoms with Crippen molar-refractivity contribution < 1.29 is 28.1 Å². The molecule has 140 valence electrons. The van der Waals surface area contributed by atoms with Gasteiger partial charge in [-0.25, -0.2) is 9.97 Å². The molecule has 0 aliphatic carbocycles. The lowest BCUT2D eigenvalue weighted by atomic mass is 10.1. The van der Waals surface area contributed by atoms with Crippen molar-refractivity contribution in [2.45, 2.75) is 51.1 Å². The second-order valence-electron chi connectivity index (χ2n) is 6.61. The Morgan fingerprint density at radius 1 is 1.38 bits per heavy atom. The molecule has 2 fully saturated rings. The van der Waals surface area contributed by atoms with Crippen molar-refractivity contribution in [3.8, 4) is 0 Å². The van der Waals surface area contributed by atoms with E-state index >= 15 is 0 Å². The zero-order chi connectivity index (χ0) is 18.6. The van der Waals surface area contributed by atoms with Gasteiger partial charge in [-0.2, -0.15) is 9.37 Å². The second kappa shape index (κ2) is 5.83. The van der Waals surface area contributed by atoms with Crippen molar-refractivity contribution >= 4 is 23.0 Å². The van der Waals surface area contributed by atoms with Crippen LogP contribution in [0.1, 0.15) is 27.0 Å². The molecule has 0 radical (unpaired) electrons. The molecule has 0 unspecified atom stereocenters. The van der Waals surface area contributed by atoms with E-state index in [1.54, 1.807) is 13.8 Å².